The third kappa shape index (κ3) is 1.76. The average Bonchev–Trinajstić information content (AvgIpc) is 2.01. The molecule has 0 atom stereocenters. The molecule has 0 bridgehead atoms. The van der Waals surface area contributed by atoms with Gasteiger partial charge in [0, 0.05) is 4.47 Å². The lowest BCUT2D eigenvalue weighted by Gasteiger charge is -1.99. The predicted molar refractivity (Wildman–Crippen MR) is 49.9 cm³/mol. The van der Waals surface area contributed by atoms with Crippen molar-refractivity contribution in [2.24, 2.45) is 0 Å². The molecule has 1 rings (SSSR count). The number of nitrogens with zero attached hydrogens (tertiary/aromatic N) is 2. The number of anilines is 1. The number of rotatable bonds is 1. The van der Waals surface area contributed by atoms with E-state index < -0.39 is 4.92 Å². The van der Waals surface area contributed by atoms with Crippen molar-refractivity contribution in [2.75, 3.05) is 5.73 Å². The first-order chi connectivity index (χ1) is 6.06. The molecular weight excluding hydrogens is 238 g/mol. The summed E-state index contributed by atoms with van der Waals surface area (Å²) in [6.07, 6.45) is 0. The van der Waals surface area contributed by atoms with Crippen LogP contribution in [0.1, 0.15) is 5.56 Å². The van der Waals surface area contributed by atoms with E-state index in [9.17, 15) is 10.1 Å². The summed E-state index contributed by atoms with van der Waals surface area (Å²) >= 11 is 3.08. The number of nitro groups is 1. The van der Waals surface area contributed by atoms with Gasteiger partial charge in [-0.3, -0.25) is 10.1 Å². The van der Waals surface area contributed by atoms with Crippen LogP contribution in [0.4, 0.5) is 11.4 Å². The Morgan fingerprint density at radius 2 is 2.23 bits per heavy atom. The molecule has 0 unspecified atom stereocenters. The topological polar surface area (TPSA) is 93.0 Å². The number of nitrogen functional groups attached to an aromatic ring is 1. The van der Waals surface area contributed by atoms with E-state index in [0.717, 1.165) is 0 Å². The Bertz CT molecular complexity index is 411. The summed E-state index contributed by atoms with van der Waals surface area (Å²) in [5.41, 5.74) is 4.97. The average molecular weight is 242 g/mol. The largest absolute Gasteiger partial charge is 0.393 e. The number of nitro benzene ring substituents is 1. The molecule has 13 heavy (non-hydrogen) atoms. The van der Waals surface area contributed by atoms with E-state index in [-0.39, 0.29) is 16.9 Å². The molecule has 0 amide bonds. The summed E-state index contributed by atoms with van der Waals surface area (Å²) in [4.78, 5) is 9.81. The number of benzene rings is 1. The van der Waals surface area contributed by atoms with Crippen molar-refractivity contribution < 1.29 is 4.92 Å². The van der Waals surface area contributed by atoms with Crippen molar-refractivity contribution in [1.29, 1.82) is 5.26 Å². The third-order valence-electron chi connectivity index (χ3n) is 1.41. The highest BCUT2D eigenvalue weighted by atomic mass is 79.9. The Morgan fingerprint density at radius 3 is 2.69 bits per heavy atom. The summed E-state index contributed by atoms with van der Waals surface area (Å²) in [6.45, 7) is 0. The molecule has 66 valence electrons. The molecule has 1 aromatic carbocycles. The number of nitriles is 1. The van der Waals surface area contributed by atoms with Crippen LogP contribution in [-0.4, -0.2) is 4.92 Å². The van der Waals surface area contributed by atoms with Crippen molar-refractivity contribution in [3.63, 3.8) is 0 Å². The minimum absolute atomic E-state index is 0.0177. The van der Waals surface area contributed by atoms with Gasteiger partial charge in [0.15, 0.2) is 0 Å². The lowest BCUT2D eigenvalue weighted by molar-refractivity contribution is -0.384. The van der Waals surface area contributed by atoms with Gasteiger partial charge in [-0.15, -0.1) is 0 Å². The van der Waals surface area contributed by atoms with Gasteiger partial charge in [0.25, 0.3) is 0 Å². The SMILES string of the molecule is N#Cc1cc(Br)cc(N)c1[N+](=O)[O-]. The molecular formula is C7H4BrN3O2. The Balaban J connectivity index is 3.50. The Morgan fingerprint density at radius 1 is 1.62 bits per heavy atom. The van der Waals surface area contributed by atoms with Crippen LogP contribution in [0.25, 0.3) is 0 Å². The van der Waals surface area contributed by atoms with Crippen LogP contribution in [-0.2, 0) is 0 Å². The molecule has 1 aromatic rings. The smallest absolute Gasteiger partial charge is 0.309 e. The normalized spacial score (nSPS) is 9.23. The summed E-state index contributed by atoms with van der Waals surface area (Å²) < 4.78 is 0.548. The van der Waals surface area contributed by atoms with Gasteiger partial charge < -0.3 is 5.73 Å². The van der Waals surface area contributed by atoms with Crippen LogP contribution < -0.4 is 5.73 Å². The molecule has 0 aliphatic rings. The molecule has 0 aliphatic carbocycles. The number of nitrogens with two attached hydrogens (primary N) is 1. The second kappa shape index (κ2) is 3.41. The molecule has 5 nitrogen and oxygen atoms in total. The first-order valence-electron chi connectivity index (χ1n) is 3.19. The summed E-state index contributed by atoms with van der Waals surface area (Å²) in [5, 5.41) is 19.1. The maximum absolute atomic E-state index is 10.5. The Labute approximate surface area is 82.0 Å². The van der Waals surface area contributed by atoms with Crippen LogP contribution in [0.5, 0.6) is 0 Å². The van der Waals surface area contributed by atoms with Crippen LogP contribution in [0.3, 0.4) is 0 Å². The zero-order valence-electron chi connectivity index (χ0n) is 6.32. The summed E-state index contributed by atoms with van der Waals surface area (Å²) in [7, 11) is 0. The third-order valence-corrected chi connectivity index (χ3v) is 1.87. The van der Waals surface area contributed by atoms with Crippen molar-refractivity contribution in [3.05, 3.63) is 32.3 Å². The van der Waals surface area contributed by atoms with E-state index in [1.165, 1.54) is 12.1 Å². The van der Waals surface area contributed by atoms with E-state index in [2.05, 4.69) is 15.9 Å². The first-order valence-corrected chi connectivity index (χ1v) is 3.99. The van der Waals surface area contributed by atoms with E-state index >= 15 is 0 Å². The molecule has 0 spiro atoms. The maximum Gasteiger partial charge on any atom is 0.309 e. The van der Waals surface area contributed by atoms with Crippen molar-refractivity contribution in [2.45, 2.75) is 0 Å². The number of halogens is 1. The number of hydrogen-bond acceptors (Lipinski definition) is 4. The fourth-order valence-corrected chi connectivity index (χ4v) is 1.38. The molecule has 0 saturated carbocycles. The number of hydrogen-bond donors (Lipinski definition) is 1. The quantitative estimate of drug-likeness (QED) is 0.461. The van der Waals surface area contributed by atoms with Crippen molar-refractivity contribution in [3.8, 4) is 6.07 Å². The molecule has 0 aliphatic heterocycles. The monoisotopic (exact) mass is 241 g/mol. The zero-order valence-corrected chi connectivity index (χ0v) is 7.91. The Hall–Kier alpha value is -1.61. The Kier molecular flexibility index (Phi) is 2.49. The van der Waals surface area contributed by atoms with Crippen molar-refractivity contribution >= 4 is 27.3 Å². The highest BCUT2D eigenvalue weighted by Crippen LogP contribution is 2.29. The predicted octanol–water partition coefficient (Wildman–Crippen LogP) is 1.81. The zero-order chi connectivity index (χ0) is 10.0. The summed E-state index contributed by atoms with van der Waals surface area (Å²) in [6, 6.07) is 4.45. The second-order valence-corrected chi connectivity index (χ2v) is 3.18. The van der Waals surface area contributed by atoms with Gasteiger partial charge in [0.05, 0.1) is 4.92 Å². The van der Waals surface area contributed by atoms with Crippen LogP contribution >= 0.6 is 15.9 Å². The van der Waals surface area contributed by atoms with E-state index in [1.54, 1.807) is 6.07 Å². The van der Waals surface area contributed by atoms with Gasteiger partial charge in [0.2, 0.25) is 0 Å². The van der Waals surface area contributed by atoms with Crippen LogP contribution in [0.15, 0.2) is 16.6 Å². The maximum atomic E-state index is 10.5. The molecule has 0 radical (unpaired) electrons. The van der Waals surface area contributed by atoms with E-state index in [0.29, 0.717) is 4.47 Å². The molecule has 6 heteroatoms. The first kappa shape index (κ1) is 9.48. The minimum atomic E-state index is -0.666. The van der Waals surface area contributed by atoms with Gasteiger partial charge in [-0.25, -0.2) is 0 Å². The second-order valence-electron chi connectivity index (χ2n) is 2.26. The standard InChI is InChI=1S/C7H4BrN3O2/c8-5-1-4(3-9)7(11(12)13)6(10)2-5/h1-2H,10H2. The fourth-order valence-electron chi connectivity index (χ4n) is 0.909. The van der Waals surface area contributed by atoms with Crippen molar-refractivity contribution in [1.82, 2.24) is 0 Å². The van der Waals surface area contributed by atoms with E-state index in [1.807, 2.05) is 0 Å². The minimum Gasteiger partial charge on any atom is -0.393 e. The molecule has 0 fully saturated rings. The highest BCUT2D eigenvalue weighted by molar-refractivity contribution is 9.10. The molecule has 0 heterocycles. The lowest BCUT2D eigenvalue weighted by Crippen LogP contribution is -1.98. The molecule has 2 N–H and O–H groups in total. The van der Waals surface area contributed by atoms with E-state index in [4.69, 9.17) is 11.0 Å². The van der Waals surface area contributed by atoms with Crippen LogP contribution in [0, 0.1) is 21.4 Å². The van der Waals surface area contributed by atoms with Crippen LogP contribution in [0.2, 0.25) is 0 Å². The van der Waals surface area contributed by atoms with Gasteiger partial charge in [-0.2, -0.15) is 5.26 Å². The van der Waals surface area contributed by atoms with Gasteiger partial charge in [-0.05, 0) is 12.1 Å². The summed E-state index contributed by atoms with van der Waals surface area (Å²) in [5.74, 6) is 0. The van der Waals surface area contributed by atoms with Gasteiger partial charge >= 0.3 is 5.69 Å². The molecule has 0 aromatic heterocycles. The van der Waals surface area contributed by atoms with Gasteiger partial charge in [0.1, 0.15) is 17.3 Å². The fraction of sp³-hybridized carbons (Fsp3) is 0. The van der Waals surface area contributed by atoms with Gasteiger partial charge in [-0.1, -0.05) is 15.9 Å². The molecule has 0 saturated heterocycles. The highest BCUT2D eigenvalue weighted by Gasteiger charge is 2.18. The lowest BCUT2D eigenvalue weighted by atomic mass is 10.2.